The lowest BCUT2D eigenvalue weighted by molar-refractivity contribution is -0.122. The van der Waals surface area contributed by atoms with E-state index in [9.17, 15) is 9.59 Å². The second-order valence-electron chi connectivity index (χ2n) is 6.35. The van der Waals surface area contributed by atoms with Crippen LogP contribution in [0.2, 0.25) is 5.02 Å². The van der Waals surface area contributed by atoms with E-state index < -0.39 is 11.9 Å². The zero-order chi connectivity index (χ0) is 17.0. The van der Waals surface area contributed by atoms with Crippen molar-refractivity contribution in [3.05, 3.63) is 40.0 Å². The molecule has 0 radical (unpaired) electrons. The van der Waals surface area contributed by atoms with Gasteiger partial charge in [-0.2, -0.15) is 0 Å². The summed E-state index contributed by atoms with van der Waals surface area (Å²) in [6.07, 6.45) is 0.977. The van der Waals surface area contributed by atoms with Gasteiger partial charge in [-0.15, -0.1) is 11.3 Å². The third kappa shape index (κ3) is 2.41. The first-order valence-electron chi connectivity index (χ1n) is 7.80. The van der Waals surface area contributed by atoms with Crippen molar-refractivity contribution < 1.29 is 9.59 Å². The summed E-state index contributed by atoms with van der Waals surface area (Å²) in [6, 6.07) is 6.88. The van der Waals surface area contributed by atoms with Gasteiger partial charge < -0.3 is 10.6 Å². The lowest BCUT2D eigenvalue weighted by Crippen LogP contribution is -2.46. The summed E-state index contributed by atoms with van der Waals surface area (Å²) in [5.41, 5.74) is 6.67. The van der Waals surface area contributed by atoms with Crippen LogP contribution in [0.3, 0.4) is 0 Å². The van der Waals surface area contributed by atoms with Crippen molar-refractivity contribution in [2.45, 2.75) is 19.4 Å². The minimum absolute atomic E-state index is 0.218. The molecule has 2 amide bonds. The molecule has 1 aliphatic heterocycles. The Morgan fingerprint density at radius 3 is 2.83 bits per heavy atom. The van der Waals surface area contributed by atoms with E-state index in [0.29, 0.717) is 23.2 Å². The van der Waals surface area contributed by atoms with E-state index in [1.807, 2.05) is 25.1 Å². The number of aromatic nitrogens is 1. The quantitative estimate of drug-likeness (QED) is 0.913. The highest BCUT2D eigenvalue weighted by Gasteiger charge is 2.56. The molecule has 1 aliphatic carbocycles. The molecule has 0 spiro atoms. The predicted octanol–water partition coefficient (Wildman–Crippen LogP) is 2.72. The maximum absolute atomic E-state index is 13.1. The second-order valence-corrected chi connectivity index (χ2v) is 7.97. The number of thiazole rings is 1. The number of aryl methyl sites for hydroxylation is 1. The number of likely N-dealkylation sites (tertiary alicyclic amines) is 1. The van der Waals surface area contributed by atoms with Gasteiger partial charge in [-0.3, -0.25) is 9.59 Å². The van der Waals surface area contributed by atoms with Crippen LogP contribution in [0.15, 0.2) is 24.3 Å². The molecule has 2 aliphatic rings. The Morgan fingerprint density at radius 1 is 1.38 bits per heavy atom. The molecule has 2 aromatic rings. The Balaban J connectivity index is 1.74. The zero-order valence-electron chi connectivity index (χ0n) is 13.0. The molecule has 124 valence electrons. The first-order chi connectivity index (χ1) is 11.5. The molecule has 2 heterocycles. The number of primary amides is 1. The van der Waals surface area contributed by atoms with Gasteiger partial charge in [0.15, 0.2) is 0 Å². The van der Waals surface area contributed by atoms with E-state index in [1.54, 1.807) is 11.0 Å². The lowest BCUT2D eigenvalue weighted by atomic mass is 10.1. The minimum Gasteiger partial charge on any atom is -0.368 e. The smallest absolute Gasteiger partial charge is 0.274 e. The molecule has 2 fully saturated rings. The maximum atomic E-state index is 13.1. The number of nitrogens with zero attached hydrogens (tertiary/aromatic N) is 2. The Morgan fingerprint density at radius 2 is 2.12 bits per heavy atom. The van der Waals surface area contributed by atoms with Crippen LogP contribution in [0.4, 0.5) is 0 Å². The van der Waals surface area contributed by atoms with Gasteiger partial charge in [-0.25, -0.2) is 4.98 Å². The van der Waals surface area contributed by atoms with Gasteiger partial charge >= 0.3 is 0 Å². The highest BCUT2D eigenvalue weighted by Crippen LogP contribution is 2.50. The molecule has 1 aromatic carbocycles. The molecule has 4 rings (SSSR count). The molecule has 2 N–H and O–H groups in total. The molecule has 7 heteroatoms. The van der Waals surface area contributed by atoms with Crippen LogP contribution in [-0.4, -0.2) is 34.3 Å². The van der Waals surface area contributed by atoms with Crippen molar-refractivity contribution in [2.24, 2.45) is 17.6 Å². The van der Waals surface area contributed by atoms with Crippen LogP contribution in [0.25, 0.3) is 10.4 Å². The van der Waals surface area contributed by atoms with Crippen molar-refractivity contribution in [1.82, 2.24) is 9.88 Å². The second kappa shape index (κ2) is 5.57. The Bertz CT molecular complexity index is 850. The number of carbonyl (C=O) groups is 2. The van der Waals surface area contributed by atoms with E-state index >= 15 is 0 Å². The molecule has 0 bridgehead atoms. The van der Waals surface area contributed by atoms with Gasteiger partial charge in [0.05, 0.1) is 9.88 Å². The van der Waals surface area contributed by atoms with E-state index in [1.165, 1.54) is 11.3 Å². The zero-order valence-corrected chi connectivity index (χ0v) is 14.6. The average molecular weight is 362 g/mol. The van der Waals surface area contributed by atoms with Crippen LogP contribution in [0, 0.1) is 18.8 Å². The summed E-state index contributed by atoms with van der Waals surface area (Å²) in [4.78, 5) is 31.6. The van der Waals surface area contributed by atoms with E-state index in [2.05, 4.69) is 4.98 Å². The molecule has 24 heavy (non-hydrogen) atoms. The number of halogens is 1. The highest BCUT2D eigenvalue weighted by atomic mass is 35.5. The van der Waals surface area contributed by atoms with Crippen molar-refractivity contribution in [3.8, 4) is 10.4 Å². The van der Waals surface area contributed by atoms with Crippen LogP contribution < -0.4 is 5.73 Å². The summed E-state index contributed by atoms with van der Waals surface area (Å²) in [5, 5.41) is 1.36. The monoisotopic (exact) mass is 361 g/mol. The topological polar surface area (TPSA) is 76.3 Å². The number of nitrogens with two attached hydrogens (primary N) is 1. The van der Waals surface area contributed by atoms with E-state index in [4.69, 9.17) is 17.3 Å². The fourth-order valence-electron chi connectivity index (χ4n) is 3.57. The summed E-state index contributed by atoms with van der Waals surface area (Å²) >= 11 is 7.72. The van der Waals surface area contributed by atoms with E-state index in [0.717, 1.165) is 21.9 Å². The summed E-state index contributed by atoms with van der Waals surface area (Å²) in [5.74, 6) is -0.0465. The lowest BCUT2D eigenvalue weighted by Gasteiger charge is -2.24. The predicted molar refractivity (Wildman–Crippen MR) is 92.9 cm³/mol. The normalized spacial score (nSPS) is 24.8. The van der Waals surface area contributed by atoms with Gasteiger partial charge in [-0.05, 0) is 31.2 Å². The largest absolute Gasteiger partial charge is 0.368 e. The summed E-state index contributed by atoms with van der Waals surface area (Å²) < 4.78 is 0. The van der Waals surface area contributed by atoms with Crippen LogP contribution in [0.1, 0.15) is 21.9 Å². The SMILES string of the molecule is Cc1nc(C(=O)N2C[C@H]3C[C@H]3[C@H]2C(N)=O)c(-c2ccccc2Cl)s1. The fourth-order valence-corrected chi connectivity index (χ4v) is 4.81. The summed E-state index contributed by atoms with van der Waals surface area (Å²) in [6.45, 7) is 2.43. The molecular formula is C17H16ClN3O2S. The Labute approximate surface area is 148 Å². The number of hydrogen-bond acceptors (Lipinski definition) is 4. The Hall–Kier alpha value is -1.92. The fraction of sp³-hybridized carbons (Fsp3) is 0.353. The maximum Gasteiger partial charge on any atom is 0.274 e. The molecule has 1 aromatic heterocycles. The number of fused-ring (bicyclic) bond motifs is 1. The average Bonchev–Trinajstić information content (AvgIpc) is 3.02. The number of carbonyl (C=O) groups excluding carboxylic acids is 2. The third-order valence-corrected chi connectivity index (χ3v) is 6.09. The third-order valence-electron chi connectivity index (χ3n) is 4.76. The minimum atomic E-state index is -0.511. The van der Waals surface area contributed by atoms with Gasteiger partial charge in [0, 0.05) is 17.1 Å². The van der Waals surface area contributed by atoms with Crippen molar-refractivity contribution >= 4 is 34.8 Å². The number of amides is 2. The molecule has 1 saturated carbocycles. The molecule has 0 unspecified atom stereocenters. The van der Waals surface area contributed by atoms with Crippen LogP contribution >= 0.6 is 22.9 Å². The summed E-state index contributed by atoms with van der Waals surface area (Å²) in [7, 11) is 0. The van der Waals surface area contributed by atoms with Crippen LogP contribution in [-0.2, 0) is 4.79 Å². The van der Waals surface area contributed by atoms with Crippen LogP contribution in [0.5, 0.6) is 0 Å². The van der Waals surface area contributed by atoms with Crippen molar-refractivity contribution in [1.29, 1.82) is 0 Å². The molecular weight excluding hydrogens is 346 g/mol. The van der Waals surface area contributed by atoms with Gasteiger partial charge in [0.25, 0.3) is 5.91 Å². The standard InChI is InChI=1S/C17H16ClN3O2S/c1-8-20-13(15(24-8)10-4-2-3-5-12(10)18)17(23)21-7-9-6-11(9)14(21)16(19)22/h2-5,9,11,14H,6-7H2,1H3,(H2,19,22)/t9-,11-,14+/m1/s1. The van der Waals surface area contributed by atoms with Crippen molar-refractivity contribution in [3.63, 3.8) is 0 Å². The van der Waals surface area contributed by atoms with E-state index in [-0.39, 0.29) is 11.8 Å². The first kappa shape index (κ1) is 15.6. The molecule has 5 nitrogen and oxygen atoms in total. The highest BCUT2D eigenvalue weighted by molar-refractivity contribution is 7.15. The van der Waals surface area contributed by atoms with Gasteiger partial charge in [0.2, 0.25) is 5.91 Å². The number of benzene rings is 1. The number of hydrogen-bond donors (Lipinski definition) is 1. The Kier molecular flexibility index (Phi) is 3.62. The van der Waals surface area contributed by atoms with Gasteiger partial charge in [-0.1, -0.05) is 29.8 Å². The van der Waals surface area contributed by atoms with Crippen molar-refractivity contribution in [2.75, 3.05) is 6.54 Å². The molecule has 1 saturated heterocycles. The number of piperidine rings is 1. The van der Waals surface area contributed by atoms with Gasteiger partial charge in [0.1, 0.15) is 11.7 Å². The number of rotatable bonds is 3. The first-order valence-corrected chi connectivity index (χ1v) is 8.99. The molecule has 3 atom stereocenters.